The Morgan fingerprint density at radius 2 is 2.12 bits per heavy atom. The minimum atomic E-state index is -4.57. The van der Waals surface area contributed by atoms with Crippen molar-refractivity contribution in [1.82, 2.24) is 9.97 Å². The van der Waals surface area contributed by atoms with E-state index in [9.17, 15) is 13.8 Å². The number of hydrogen-bond acceptors (Lipinski definition) is 6. The Morgan fingerprint density at radius 3 is 2.82 bits per heavy atom. The summed E-state index contributed by atoms with van der Waals surface area (Å²) in [6, 6.07) is 7.28. The van der Waals surface area contributed by atoms with Crippen molar-refractivity contribution >= 4 is 53.2 Å². The maximum atomic E-state index is 13.5. The van der Waals surface area contributed by atoms with Crippen molar-refractivity contribution in [3.05, 3.63) is 53.1 Å². The van der Waals surface area contributed by atoms with Crippen LogP contribution in [0.15, 0.2) is 36.7 Å². The summed E-state index contributed by atoms with van der Waals surface area (Å²) in [5.41, 5.74) is 1.60. The Bertz CT molecular complexity index is 1360. The average molecular weight is 505 g/mol. The molecule has 0 aliphatic carbocycles. The fourth-order valence-corrected chi connectivity index (χ4v) is 3.98. The fourth-order valence-electron chi connectivity index (χ4n) is 3.35. The third kappa shape index (κ3) is 6.08. The van der Waals surface area contributed by atoms with E-state index in [2.05, 4.69) is 32.4 Å². The van der Waals surface area contributed by atoms with Gasteiger partial charge in [0.2, 0.25) is 5.91 Å². The van der Waals surface area contributed by atoms with Gasteiger partial charge in [0.05, 0.1) is 21.8 Å². The van der Waals surface area contributed by atoms with Crippen LogP contribution in [-0.2, 0) is 14.1 Å². The Kier molecular flexibility index (Phi) is 7.12. The zero-order chi connectivity index (χ0) is 24.3. The molecular formula is C22H19ClFN4O5P. The molecule has 1 aromatic heterocycles. The number of anilines is 3. The number of carbonyl (C=O) groups is 1. The number of amides is 1. The maximum Gasteiger partial charge on any atom is 0.334 e. The van der Waals surface area contributed by atoms with Crippen LogP contribution in [0.25, 0.3) is 10.9 Å². The Hall–Kier alpha value is -3.06. The first-order valence-corrected chi connectivity index (χ1v) is 12.3. The van der Waals surface area contributed by atoms with Crippen LogP contribution in [0.4, 0.5) is 21.6 Å². The third-order valence-corrected chi connectivity index (χ3v) is 5.87. The van der Waals surface area contributed by atoms with Gasteiger partial charge in [-0.3, -0.25) is 9.36 Å². The van der Waals surface area contributed by atoms with Gasteiger partial charge in [-0.1, -0.05) is 23.4 Å². The summed E-state index contributed by atoms with van der Waals surface area (Å²) < 4.78 is 30.3. The van der Waals surface area contributed by atoms with Gasteiger partial charge in [0.15, 0.2) is 0 Å². The van der Waals surface area contributed by atoms with Crippen molar-refractivity contribution in [2.45, 2.75) is 18.9 Å². The van der Waals surface area contributed by atoms with Gasteiger partial charge >= 0.3 is 7.60 Å². The standard InChI is InChI=1S/C22H19ClFN4O5P/c23-17-9-14(4-6-18(17)24)27-22-16-10-19(28-21(29)11-34(30,31)32)13(8-20(16)25-12-26-22)3-5-15-2-1-7-33-15/h4,6,8-10,12,15H,1-2,7,11H2,(H,28,29)(H,25,26,27)(H2,30,31,32)/t15-/m0/s1. The van der Waals surface area contributed by atoms with Gasteiger partial charge < -0.3 is 25.2 Å². The molecule has 3 aromatic rings. The molecular weight excluding hydrogens is 486 g/mol. The number of ether oxygens (including phenoxy) is 1. The minimum absolute atomic E-state index is 0.0690. The Morgan fingerprint density at radius 1 is 1.29 bits per heavy atom. The predicted molar refractivity (Wildman–Crippen MR) is 126 cm³/mol. The molecule has 1 aliphatic heterocycles. The van der Waals surface area contributed by atoms with Gasteiger partial charge in [-0.25, -0.2) is 14.4 Å². The first kappa shape index (κ1) is 24.1. The highest BCUT2D eigenvalue weighted by Gasteiger charge is 2.21. The van der Waals surface area contributed by atoms with Crippen LogP contribution in [0.2, 0.25) is 5.02 Å². The van der Waals surface area contributed by atoms with Crippen LogP contribution >= 0.6 is 19.2 Å². The number of nitrogens with one attached hydrogen (secondary N) is 2. The van der Waals surface area contributed by atoms with E-state index < -0.39 is 25.5 Å². The van der Waals surface area contributed by atoms with E-state index in [1.54, 1.807) is 12.1 Å². The lowest BCUT2D eigenvalue weighted by Crippen LogP contribution is -2.17. The molecule has 2 heterocycles. The van der Waals surface area contributed by atoms with Crippen LogP contribution in [0, 0.1) is 17.7 Å². The lowest BCUT2D eigenvalue weighted by molar-refractivity contribution is -0.114. The van der Waals surface area contributed by atoms with Gasteiger partial charge in [-0.15, -0.1) is 0 Å². The molecule has 0 radical (unpaired) electrons. The Balaban J connectivity index is 1.75. The molecule has 0 unspecified atom stereocenters. The number of carbonyl (C=O) groups excluding carboxylic acids is 1. The summed E-state index contributed by atoms with van der Waals surface area (Å²) in [4.78, 5) is 39.0. The molecule has 1 fully saturated rings. The second-order valence-corrected chi connectivity index (χ2v) is 9.59. The predicted octanol–water partition coefficient (Wildman–Crippen LogP) is 3.81. The first-order valence-electron chi connectivity index (χ1n) is 10.2. The molecule has 4 rings (SSSR count). The normalized spacial score (nSPS) is 15.6. The molecule has 0 saturated carbocycles. The molecule has 34 heavy (non-hydrogen) atoms. The number of aromatic nitrogens is 2. The van der Waals surface area contributed by atoms with Crippen LogP contribution in [0.5, 0.6) is 0 Å². The molecule has 9 nitrogen and oxygen atoms in total. The molecule has 4 N–H and O–H groups in total. The van der Waals surface area contributed by atoms with Crippen molar-refractivity contribution < 1.29 is 28.3 Å². The molecule has 2 aromatic carbocycles. The van der Waals surface area contributed by atoms with Gasteiger partial charge in [0.1, 0.15) is 30.2 Å². The molecule has 176 valence electrons. The van der Waals surface area contributed by atoms with Crippen molar-refractivity contribution in [2.75, 3.05) is 23.4 Å². The average Bonchev–Trinajstić information content (AvgIpc) is 3.27. The Labute approximate surface area is 198 Å². The SMILES string of the molecule is O=C(CP(=O)(O)O)Nc1cc2c(Nc3ccc(F)c(Cl)c3)ncnc2cc1C#C[C@@H]1CCCO1. The molecule has 12 heteroatoms. The van der Waals surface area contributed by atoms with E-state index in [1.807, 2.05) is 0 Å². The van der Waals surface area contributed by atoms with E-state index in [1.165, 1.54) is 24.5 Å². The van der Waals surface area contributed by atoms with Gasteiger partial charge in [0, 0.05) is 17.7 Å². The van der Waals surface area contributed by atoms with E-state index in [0.717, 1.165) is 12.8 Å². The lowest BCUT2D eigenvalue weighted by atomic mass is 10.1. The van der Waals surface area contributed by atoms with Crippen molar-refractivity contribution in [3.8, 4) is 11.8 Å². The van der Waals surface area contributed by atoms with Crippen molar-refractivity contribution in [1.29, 1.82) is 0 Å². The number of fused-ring (bicyclic) bond motifs is 1. The lowest BCUT2D eigenvalue weighted by Gasteiger charge is -2.13. The first-order chi connectivity index (χ1) is 16.2. The second-order valence-electron chi connectivity index (χ2n) is 7.53. The quantitative estimate of drug-likeness (QED) is 0.304. The van der Waals surface area contributed by atoms with E-state index in [-0.39, 0.29) is 16.8 Å². The third-order valence-electron chi connectivity index (χ3n) is 4.88. The van der Waals surface area contributed by atoms with Crippen LogP contribution < -0.4 is 10.6 Å². The molecule has 1 atom stereocenters. The number of halogens is 2. The summed E-state index contributed by atoms with van der Waals surface area (Å²) in [5.74, 6) is 4.89. The molecule has 1 aliphatic rings. The number of rotatable bonds is 5. The molecule has 1 amide bonds. The van der Waals surface area contributed by atoms with Gasteiger partial charge in [-0.05, 0) is 43.2 Å². The highest BCUT2D eigenvalue weighted by molar-refractivity contribution is 7.52. The van der Waals surface area contributed by atoms with E-state index >= 15 is 0 Å². The highest BCUT2D eigenvalue weighted by atomic mass is 35.5. The van der Waals surface area contributed by atoms with E-state index in [0.29, 0.717) is 34.6 Å². The van der Waals surface area contributed by atoms with Gasteiger partial charge in [0.25, 0.3) is 0 Å². The zero-order valence-corrected chi connectivity index (χ0v) is 19.2. The monoisotopic (exact) mass is 504 g/mol. The summed E-state index contributed by atoms with van der Waals surface area (Å²) in [7, 11) is -4.57. The summed E-state index contributed by atoms with van der Waals surface area (Å²) >= 11 is 5.86. The summed E-state index contributed by atoms with van der Waals surface area (Å²) in [5, 5.41) is 5.96. The maximum absolute atomic E-state index is 13.5. The topological polar surface area (TPSA) is 134 Å². The van der Waals surface area contributed by atoms with E-state index in [4.69, 9.17) is 26.1 Å². The minimum Gasteiger partial charge on any atom is -0.366 e. The summed E-state index contributed by atoms with van der Waals surface area (Å²) in [6.07, 6.45) is 1.81. The number of hydrogen-bond donors (Lipinski definition) is 4. The van der Waals surface area contributed by atoms with Crippen LogP contribution in [0.3, 0.4) is 0 Å². The number of benzene rings is 2. The fraction of sp³-hybridized carbons (Fsp3) is 0.227. The smallest absolute Gasteiger partial charge is 0.334 e. The highest BCUT2D eigenvalue weighted by Crippen LogP contribution is 2.35. The van der Waals surface area contributed by atoms with Crippen molar-refractivity contribution in [3.63, 3.8) is 0 Å². The van der Waals surface area contributed by atoms with Crippen LogP contribution in [-0.4, -0.2) is 44.5 Å². The molecule has 0 spiro atoms. The second kappa shape index (κ2) is 10.1. The van der Waals surface area contributed by atoms with Gasteiger partial charge in [-0.2, -0.15) is 0 Å². The largest absolute Gasteiger partial charge is 0.366 e. The molecule has 1 saturated heterocycles. The number of nitrogens with zero attached hydrogens (tertiary/aromatic N) is 2. The van der Waals surface area contributed by atoms with Crippen LogP contribution in [0.1, 0.15) is 18.4 Å². The zero-order valence-electron chi connectivity index (χ0n) is 17.6. The van der Waals surface area contributed by atoms with Crippen molar-refractivity contribution in [2.24, 2.45) is 0 Å². The molecule has 0 bridgehead atoms. The summed E-state index contributed by atoms with van der Waals surface area (Å²) in [6.45, 7) is 0.624.